The minimum Gasteiger partial charge on any atom is -0.496 e. The number of hydrogen-bond donors (Lipinski definition) is 2. The summed E-state index contributed by atoms with van der Waals surface area (Å²) in [5, 5.41) is 10.4. The lowest BCUT2D eigenvalue weighted by molar-refractivity contribution is 0.0693. The number of methoxy groups -OCH3 is 1. The number of aromatic nitrogens is 1. The van der Waals surface area contributed by atoms with Crippen molar-refractivity contribution in [3.63, 3.8) is 0 Å². The van der Waals surface area contributed by atoms with Crippen LogP contribution in [-0.2, 0) is 6.42 Å². The first-order chi connectivity index (χ1) is 14.7. The Morgan fingerprint density at radius 3 is 2.68 bits per heavy atom. The average molecular weight is 441 g/mol. The van der Waals surface area contributed by atoms with E-state index in [9.17, 15) is 9.90 Å². The van der Waals surface area contributed by atoms with Gasteiger partial charge in [0.25, 0.3) is 0 Å². The highest BCUT2D eigenvalue weighted by atomic mass is 35.5. The SMILES string of the molecule is COc1cc2c(CCCCN3CC=C(c4ccccc4)CC3)c[nH]c2cc1C(=O)O.Cl. The maximum Gasteiger partial charge on any atom is 0.339 e. The summed E-state index contributed by atoms with van der Waals surface area (Å²) in [6.07, 6.45) is 8.68. The number of rotatable bonds is 8. The topological polar surface area (TPSA) is 65.6 Å². The number of halogens is 1. The van der Waals surface area contributed by atoms with Crippen LogP contribution in [0.3, 0.4) is 0 Å². The lowest BCUT2D eigenvalue weighted by atomic mass is 9.99. The third-order valence-electron chi connectivity index (χ3n) is 5.93. The molecule has 0 unspecified atom stereocenters. The van der Waals surface area contributed by atoms with E-state index in [1.807, 2.05) is 12.3 Å². The normalized spacial score (nSPS) is 14.2. The first kappa shape index (κ1) is 22.9. The molecule has 4 rings (SSSR count). The fourth-order valence-corrected chi connectivity index (χ4v) is 4.23. The Morgan fingerprint density at radius 2 is 2.00 bits per heavy atom. The molecule has 0 radical (unpaired) electrons. The van der Waals surface area contributed by atoms with Gasteiger partial charge in [-0.2, -0.15) is 0 Å². The predicted octanol–water partition coefficient (Wildman–Crippen LogP) is 5.41. The molecule has 0 saturated heterocycles. The summed E-state index contributed by atoms with van der Waals surface area (Å²) in [6.45, 7) is 3.24. The van der Waals surface area contributed by atoms with Crippen molar-refractivity contribution in [1.29, 1.82) is 0 Å². The Bertz CT molecular complexity index is 1060. The summed E-state index contributed by atoms with van der Waals surface area (Å²) in [5.74, 6) is -0.568. The van der Waals surface area contributed by atoms with Gasteiger partial charge in [0.05, 0.1) is 7.11 Å². The monoisotopic (exact) mass is 440 g/mol. The second-order valence-corrected chi connectivity index (χ2v) is 7.82. The van der Waals surface area contributed by atoms with Gasteiger partial charge >= 0.3 is 5.97 Å². The Labute approximate surface area is 189 Å². The van der Waals surface area contributed by atoms with E-state index in [-0.39, 0.29) is 18.0 Å². The smallest absolute Gasteiger partial charge is 0.339 e. The number of aromatic amines is 1. The van der Waals surface area contributed by atoms with Crippen LogP contribution in [0.5, 0.6) is 5.75 Å². The number of hydrogen-bond acceptors (Lipinski definition) is 3. The largest absolute Gasteiger partial charge is 0.496 e. The molecule has 2 N–H and O–H groups in total. The molecule has 0 bridgehead atoms. The third kappa shape index (κ3) is 5.30. The van der Waals surface area contributed by atoms with E-state index < -0.39 is 5.97 Å². The molecule has 5 nitrogen and oxygen atoms in total. The molecule has 0 aliphatic carbocycles. The molecule has 31 heavy (non-hydrogen) atoms. The van der Waals surface area contributed by atoms with E-state index in [0.29, 0.717) is 5.75 Å². The van der Waals surface area contributed by atoms with Gasteiger partial charge in [0.1, 0.15) is 11.3 Å². The summed E-state index contributed by atoms with van der Waals surface area (Å²) in [5.41, 5.74) is 5.05. The van der Waals surface area contributed by atoms with Crippen LogP contribution in [-0.4, -0.2) is 47.7 Å². The lowest BCUT2D eigenvalue weighted by Crippen LogP contribution is -2.29. The number of carboxylic acids is 1. The average Bonchev–Trinajstić information content (AvgIpc) is 3.18. The fourth-order valence-electron chi connectivity index (χ4n) is 4.23. The van der Waals surface area contributed by atoms with Crippen LogP contribution in [0.2, 0.25) is 0 Å². The van der Waals surface area contributed by atoms with E-state index in [1.165, 1.54) is 23.8 Å². The van der Waals surface area contributed by atoms with Crippen molar-refractivity contribution in [1.82, 2.24) is 9.88 Å². The van der Waals surface area contributed by atoms with Crippen molar-refractivity contribution >= 4 is 34.9 Å². The zero-order chi connectivity index (χ0) is 20.9. The summed E-state index contributed by atoms with van der Waals surface area (Å²) >= 11 is 0. The van der Waals surface area contributed by atoms with Crippen LogP contribution in [0.4, 0.5) is 0 Å². The Kier molecular flexibility index (Phi) is 7.77. The maximum atomic E-state index is 11.4. The summed E-state index contributed by atoms with van der Waals surface area (Å²) < 4.78 is 5.28. The number of nitrogens with one attached hydrogen (secondary N) is 1. The van der Waals surface area contributed by atoms with Crippen molar-refractivity contribution in [3.8, 4) is 5.75 Å². The standard InChI is InChI=1S/C25H28N2O3.ClH/c1-30-24-16-21-20(17-26-23(21)15-22(24)25(28)29)9-5-6-12-27-13-10-19(11-14-27)18-7-3-2-4-8-18;/h2-4,7-8,10,15-17,26H,5-6,9,11-14H2,1H3,(H,28,29);1H. The molecule has 1 aliphatic rings. The van der Waals surface area contributed by atoms with Gasteiger partial charge in [-0.15, -0.1) is 12.4 Å². The maximum absolute atomic E-state index is 11.4. The second-order valence-electron chi connectivity index (χ2n) is 7.82. The highest BCUT2D eigenvalue weighted by Gasteiger charge is 2.15. The Balaban J connectivity index is 0.00000272. The molecule has 164 valence electrons. The zero-order valence-electron chi connectivity index (χ0n) is 17.8. The number of fused-ring (bicyclic) bond motifs is 1. The van der Waals surface area contributed by atoms with Crippen LogP contribution < -0.4 is 4.74 Å². The first-order valence-corrected chi connectivity index (χ1v) is 10.5. The number of aryl methyl sites for hydroxylation is 1. The minimum atomic E-state index is -0.976. The molecule has 0 saturated carbocycles. The van der Waals surface area contributed by atoms with E-state index in [0.717, 1.165) is 56.2 Å². The number of nitrogens with zero attached hydrogens (tertiary/aromatic N) is 1. The number of aromatic carboxylic acids is 1. The van der Waals surface area contributed by atoms with Crippen LogP contribution in [0, 0.1) is 0 Å². The molecular weight excluding hydrogens is 412 g/mol. The quantitative estimate of drug-likeness (QED) is 0.460. The molecule has 3 aromatic rings. The van der Waals surface area contributed by atoms with Gasteiger partial charge < -0.3 is 14.8 Å². The molecular formula is C25H29ClN2O3. The van der Waals surface area contributed by atoms with Crippen molar-refractivity contribution in [2.24, 2.45) is 0 Å². The number of ether oxygens (including phenoxy) is 1. The van der Waals surface area contributed by atoms with Crippen molar-refractivity contribution in [2.45, 2.75) is 25.7 Å². The first-order valence-electron chi connectivity index (χ1n) is 10.5. The van der Waals surface area contributed by atoms with Crippen molar-refractivity contribution in [3.05, 3.63) is 71.4 Å². The number of benzene rings is 2. The van der Waals surface area contributed by atoms with Gasteiger partial charge in [0.15, 0.2) is 0 Å². The zero-order valence-corrected chi connectivity index (χ0v) is 18.6. The number of unbranched alkanes of at least 4 members (excludes halogenated alkanes) is 1. The van der Waals surface area contributed by atoms with E-state index in [4.69, 9.17) is 4.74 Å². The van der Waals surface area contributed by atoms with Crippen molar-refractivity contribution in [2.75, 3.05) is 26.7 Å². The molecule has 0 fully saturated rings. The molecule has 0 amide bonds. The van der Waals surface area contributed by atoms with Gasteiger partial charge in [-0.05, 0) is 61.1 Å². The van der Waals surface area contributed by atoms with Gasteiger partial charge in [-0.1, -0.05) is 36.4 Å². The molecule has 1 aromatic heterocycles. The summed E-state index contributed by atoms with van der Waals surface area (Å²) in [4.78, 5) is 17.1. The lowest BCUT2D eigenvalue weighted by Gasteiger charge is -2.26. The molecule has 2 heterocycles. The number of H-pyrrole nitrogens is 1. The van der Waals surface area contributed by atoms with Crippen LogP contribution in [0.25, 0.3) is 16.5 Å². The van der Waals surface area contributed by atoms with E-state index >= 15 is 0 Å². The molecule has 2 aromatic carbocycles. The fraction of sp³-hybridized carbons (Fsp3) is 0.320. The highest BCUT2D eigenvalue weighted by molar-refractivity contribution is 5.97. The minimum absolute atomic E-state index is 0. The molecule has 0 spiro atoms. The van der Waals surface area contributed by atoms with Gasteiger partial charge in [0.2, 0.25) is 0 Å². The Morgan fingerprint density at radius 1 is 1.19 bits per heavy atom. The van der Waals surface area contributed by atoms with Gasteiger partial charge in [-0.25, -0.2) is 4.79 Å². The second kappa shape index (κ2) is 10.5. The third-order valence-corrected chi connectivity index (χ3v) is 5.93. The Hall–Kier alpha value is -2.76. The van der Waals surface area contributed by atoms with Gasteiger partial charge in [-0.3, -0.25) is 4.90 Å². The predicted molar refractivity (Wildman–Crippen MR) is 127 cm³/mol. The molecule has 1 aliphatic heterocycles. The van der Waals surface area contributed by atoms with E-state index in [2.05, 4.69) is 46.3 Å². The summed E-state index contributed by atoms with van der Waals surface area (Å²) in [6, 6.07) is 14.1. The number of carbonyl (C=O) groups is 1. The highest BCUT2D eigenvalue weighted by Crippen LogP contribution is 2.29. The summed E-state index contributed by atoms with van der Waals surface area (Å²) in [7, 11) is 1.51. The molecule has 0 atom stereocenters. The number of carboxylic acid groups (broad SMARTS) is 1. The van der Waals surface area contributed by atoms with Crippen molar-refractivity contribution < 1.29 is 14.6 Å². The van der Waals surface area contributed by atoms with Crippen LogP contribution in [0.15, 0.2) is 54.7 Å². The van der Waals surface area contributed by atoms with Crippen LogP contribution in [0.1, 0.15) is 40.7 Å². The van der Waals surface area contributed by atoms with Gasteiger partial charge in [0, 0.05) is 30.2 Å². The molecule has 6 heteroatoms. The van der Waals surface area contributed by atoms with E-state index in [1.54, 1.807) is 6.07 Å². The van der Waals surface area contributed by atoms with Crippen LogP contribution >= 0.6 is 12.4 Å².